The van der Waals surface area contributed by atoms with Crippen LogP contribution in [0.2, 0.25) is 0 Å². The highest BCUT2D eigenvalue weighted by molar-refractivity contribution is 9.10. The number of hydrogen-bond acceptors (Lipinski definition) is 6. The van der Waals surface area contributed by atoms with E-state index >= 15 is 0 Å². The first kappa shape index (κ1) is 24.3. The molecule has 0 bridgehead atoms. The minimum absolute atomic E-state index is 0.0531. The van der Waals surface area contributed by atoms with Gasteiger partial charge in [0.15, 0.2) is 9.84 Å². The van der Waals surface area contributed by atoms with Crippen LogP contribution in [-0.4, -0.2) is 45.9 Å². The van der Waals surface area contributed by atoms with E-state index in [4.69, 9.17) is 0 Å². The Bertz CT molecular complexity index is 1190. The molecule has 0 saturated heterocycles. The second-order valence-electron chi connectivity index (χ2n) is 6.41. The lowest BCUT2D eigenvalue weighted by molar-refractivity contribution is -0.242. The van der Waals surface area contributed by atoms with Gasteiger partial charge >= 0.3 is 6.18 Å². The largest absolute Gasteiger partial charge is 0.426 e. The Balaban J connectivity index is 2.35. The topological polar surface area (TPSA) is 118 Å². The van der Waals surface area contributed by atoms with Crippen molar-refractivity contribution in [3.05, 3.63) is 46.9 Å². The Kier molecular flexibility index (Phi) is 6.44. The lowest BCUT2D eigenvalue weighted by atomic mass is 10.1. The molecule has 1 atom stereocenters. The summed E-state index contributed by atoms with van der Waals surface area (Å²) in [5.41, 5.74) is -3.85. The molecule has 0 saturated carbocycles. The van der Waals surface area contributed by atoms with E-state index in [1.807, 2.05) is 5.32 Å². The molecule has 0 unspecified atom stereocenters. The van der Waals surface area contributed by atoms with Crippen molar-refractivity contribution in [2.24, 2.45) is 0 Å². The Morgan fingerprint density at radius 3 is 1.87 bits per heavy atom. The predicted octanol–water partition coefficient (Wildman–Crippen LogP) is 2.94. The Labute approximate surface area is 178 Å². The Morgan fingerprint density at radius 1 is 0.967 bits per heavy atom. The number of carbonyl (C=O) groups is 1. The summed E-state index contributed by atoms with van der Waals surface area (Å²) in [5.74, 6) is -1.75. The Morgan fingerprint density at radius 2 is 1.43 bits per heavy atom. The number of anilines is 1. The van der Waals surface area contributed by atoms with Crippen molar-refractivity contribution in [3.8, 4) is 0 Å². The smallest absolute Gasteiger partial charge is 0.373 e. The molecule has 2 N–H and O–H groups in total. The summed E-state index contributed by atoms with van der Waals surface area (Å²) in [6.45, 7) is 0.287. The van der Waals surface area contributed by atoms with Gasteiger partial charge in [0.25, 0.3) is 5.91 Å². The van der Waals surface area contributed by atoms with Gasteiger partial charge in [-0.3, -0.25) is 4.79 Å². The molecule has 0 aliphatic carbocycles. The third-order valence-corrected chi connectivity index (χ3v) is 7.61. The van der Waals surface area contributed by atoms with Crippen molar-refractivity contribution in [2.45, 2.75) is 33.4 Å². The van der Waals surface area contributed by atoms with E-state index in [0.29, 0.717) is 0 Å². The van der Waals surface area contributed by atoms with E-state index in [1.165, 1.54) is 0 Å². The fraction of sp³-hybridized carbons (Fsp3) is 0.235. The molecule has 0 aromatic heterocycles. The van der Waals surface area contributed by atoms with Crippen LogP contribution in [0, 0.1) is 0 Å². The van der Waals surface area contributed by atoms with E-state index in [2.05, 4.69) is 15.9 Å². The molecule has 2 aromatic carbocycles. The monoisotopic (exact) mass is 529 g/mol. The summed E-state index contributed by atoms with van der Waals surface area (Å²) in [6.07, 6.45) is -4.25. The first-order valence-electron chi connectivity index (χ1n) is 7.93. The first-order valence-corrected chi connectivity index (χ1v) is 12.1. The summed E-state index contributed by atoms with van der Waals surface area (Å²) in [6, 6.07) is 7.62. The molecule has 0 spiro atoms. The molecule has 30 heavy (non-hydrogen) atoms. The fourth-order valence-corrected chi connectivity index (χ4v) is 4.69. The van der Waals surface area contributed by atoms with Gasteiger partial charge in [0.2, 0.25) is 15.4 Å². The van der Waals surface area contributed by atoms with Gasteiger partial charge < -0.3 is 10.4 Å². The summed E-state index contributed by atoms with van der Waals surface area (Å²) in [5, 5.41) is 11.3. The predicted molar refractivity (Wildman–Crippen MR) is 104 cm³/mol. The van der Waals surface area contributed by atoms with Crippen molar-refractivity contribution >= 4 is 47.2 Å². The first-order chi connectivity index (χ1) is 13.5. The highest BCUT2D eigenvalue weighted by Crippen LogP contribution is 2.33. The van der Waals surface area contributed by atoms with Gasteiger partial charge in [-0.25, -0.2) is 16.8 Å². The number of halogens is 4. The highest BCUT2D eigenvalue weighted by atomic mass is 79.9. The standard InChI is InChI=1S/C17H15BrF3NO6S2/c1-16(24,17(19,20)21)15(23)22-14-8-7-12(9-13(14)18)30(27,28)11-5-3-10(4-6-11)29(2,25)26/h3-9,24H,1-2H3,(H,22,23)/t16-/m1/s1. The van der Waals surface area contributed by atoms with Crippen molar-refractivity contribution in [2.75, 3.05) is 11.6 Å². The second-order valence-corrected chi connectivity index (χ2v) is 11.2. The fourth-order valence-electron chi connectivity index (χ4n) is 2.14. The maximum atomic E-state index is 12.8. The molecular weight excluding hydrogens is 515 g/mol. The quantitative estimate of drug-likeness (QED) is 0.614. The number of rotatable bonds is 5. The van der Waals surface area contributed by atoms with Crippen LogP contribution in [0.5, 0.6) is 0 Å². The third kappa shape index (κ3) is 4.85. The zero-order valence-corrected chi connectivity index (χ0v) is 18.6. The molecular formula is C17H15BrF3NO6S2. The van der Waals surface area contributed by atoms with Gasteiger partial charge in [0.05, 0.1) is 20.4 Å². The van der Waals surface area contributed by atoms with Crippen LogP contribution in [-0.2, 0) is 24.5 Å². The van der Waals surface area contributed by atoms with Gasteiger partial charge in [0.1, 0.15) is 0 Å². The second kappa shape index (κ2) is 7.94. The van der Waals surface area contributed by atoms with E-state index in [1.54, 1.807) is 0 Å². The van der Waals surface area contributed by atoms with Crippen molar-refractivity contribution in [3.63, 3.8) is 0 Å². The van der Waals surface area contributed by atoms with Gasteiger partial charge in [-0.1, -0.05) is 0 Å². The number of amides is 1. The molecule has 13 heteroatoms. The van der Waals surface area contributed by atoms with Crippen LogP contribution in [0.3, 0.4) is 0 Å². The van der Waals surface area contributed by atoms with Crippen LogP contribution in [0.1, 0.15) is 6.92 Å². The van der Waals surface area contributed by atoms with Crippen molar-refractivity contribution in [1.29, 1.82) is 0 Å². The van der Waals surface area contributed by atoms with Crippen LogP contribution in [0.4, 0.5) is 18.9 Å². The van der Waals surface area contributed by atoms with Gasteiger partial charge in [0, 0.05) is 10.7 Å². The number of hydrogen-bond donors (Lipinski definition) is 2. The number of aliphatic hydroxyl groups is 1. The molecule has 0 radical (unpaired) electrons. The van der Waals surface area contributed by atoms with Gasteiger partial charge in [-0.05, 0) is 65.3 Å². The average molecular weight is 530 g/mol. The molecule has 2 rings (SSSR count). The maximum absolute atomic E-state index is 12.8. The minimum atomic E-state index is -5.22. The summed E-state index contributed by atoms with van der Waals surface area (Å²) in [4.78, 5) is 11.2. The molecule has 164 valence electrons. The third-order valence-electron chi connectivity index (χ3n) is 4.06. The minimum Gasteiger partial charge on any atom is -0.373 e. The zero-order chi connectivity index (χ0) is 23.1. The maximum Gasteiger partial charge on any atom is 0.426 e. The van der Waals surface area contributed by atoms with Crippen LogP contribution in [0.25, 0.3) is 0 Å². The van der Waals surface area contributed by atoms with Gasteiger partial charge in [-0.2, -0.15) is 13.2 Å². The van der Waals surface area contributed by atoms with E-state index < -0.39 is 37.4 Å². The summed E-state index contributed by atoms with van der Waals surface area (Å²) < 4.78 is 86.6. The average Bonchev–Trinajstić information content (AvgIpc) is 2.61. The molecule has 1 amide bonds. The van der Waals surface area contributed by atoms with Gasteiger partial charge in [-0.15, -0.1) is 0 Å². The van der Waals surface area contributed by atoms with Crippen molar-refractivity contribution in [1.82, 2.24) is 0 Å². The summed E-state index contributed by atoms with van der Waals surface area (Å²) >= 11 is 2.97. The number of alkyl halides is 3. The highest BCUT2D eigenvalue weighted by Gasteiger charge is 2.55. The lowest BCUT2D eigenvalue weighted by Gasteiger charge is -2.25. The molecule has 7 nitrogen and oxygen atoms in total. The summed E-state index contributed by atoms with van der Waals surface area (Å²) in [7, 11) is -7.61. The number of nitrogens with one attached hydrogen (secondary N) is 1. The number of benzene rings is 2. The number of carbonyl (C=O) groups excluding carboxylic acids is 1. The van der Waals surface area contributed by atoms with E-state index in [0.717, 1.165) is 48.7 Å². The van der Waals surface area contributed by atoms with E-state index in [-0.39, 0.29) is 31.8 Å². The van der Waals surface area contributed by atoms with Crippen LogP contribution >= 0.6 is 15.9 Å². The lowest BCUT2D eigenvalue weighted by Crippen LogP contribution is -2.52. The normalized spacial score (nSPS) is 14.8. The SMILES string of the molecule is C[C@@](O)(C(=O)Nc1ccc(S(=O)(=O)c2ccc(S(C)(=O)=O)cc2)cc1Br)C(F)(F)F. The zero-order valence-electron chi connectivity index (χ0n) is 15.4. The van der Waals surface area contributed by atoms with Crippen LogP contribution in [0.15, 0.2) is 61.6 Å². The Hall–Kier alpha value is -1.96. The molecule has 2 aromatic rings. The molecule has 0 aliphatic heterocycles. The molecule has 0 aliphatic rings. The van der Waals surface area contributed by atoms with Crippen molar-refractivity contribution < 1.29 is 39.9 Å². The van der Waals surface area contributed by atoms with E-state index in [9.17, 15) is 39.9 Å². The number of sulfone groups is 2. The molecule has 0 heterocycles. The van der Waals surface area contributed by atoms with Crippen LogP contribution < -0.4 is 5.32 Å². The molecule has 0 fully saturated rings.